The molecule has 4 aromatic rings. The number of aliphatic imine (C=N–C) groups is 4. The number of benzene rings is 4. The molecule has 0 atom stereocenters. The van der Waals surface area contributed by atoms with Crippen LogP contribution in [-0.4, -0.2) is 118 Å². The van der Waals surface area contributed by atoms with Crippen LogP contribution < -0.4 is 29.4 Å². The fourth-order valence-corrected chi connectivity index (χ4v) is 17.1. The van der Waals surface area contributed by atoms with Gasteiger partial charge in [-0.2, -0.15) is 9.98 Å². The standard InChI is InChI=1S/C101H172N12/c1-13-25-33-41-49-57-81-106(82-58-50-42-34-26-14-2)91-69-65-89(66-70-91)102-97-99(110(21-9)95-77-73-93(74-78-95)108(85-61-53-45-37-29-17-5)86-62-54-46-38-30-18-6)104-101(112(97)23-11)105-100(111(22-10)96-79-75-94(76-80-96)109(87-63-55-47-39-31-19-7)88-64-56-48-40-32-20-8)98(113(101)24-12)103-90-67-71-92(72-68-90)107(83-59-51-43-35-27-15-3)84-60-52-44-36-28-16-4/h65-80H,13-64,81-88H2,1-12H3. The summed E-state index contributed by atoms with van der Waals surface area (Å²) in [6, 6.07) is 37.7. The van der Waals surface area contributed by atoms with Crippen molar-refractivity contribution < 1.29 is 0 Å². The van der Waals surface area contributed by atoms with Gasteiger partial charge in [-0.1, -0.05) is 312 Å². The molecule has 0 radical (unpaired) electrons. The maximum atomic E-state index is 6.19. The summed E-state index contributed by atoms with van der Waals surface area (Å²) in [4.78, 5) is 44.6. The number of amidine groups is 4. The average molecular weight is 1550 g/mol. The molecule has 12 heteroatoms. The van der Waals surface area contributed by atoms with Crippen molar-refractivity contribution >= 4 is 68.8 Å². The van der Waals surface area contributed by atoms with Gasteiger partial charge in [0, 0.05) is 113 Å². The van der Waals surface area contributed by atoms with Crippen LogP contribution in [0.15, 0.2) is 117 Å². The zero-order valence-electron chi connectivity index (χ0n) is 75.5. The molecule has 2 heterocycles. The quantitative estimate of drug-likeness (QED) is 0.0405. The highest BCUT2D eigenvalue weighted by atomic mass is 15.7. The Morgan fingerprint density at radius 1 is 0.230 bits per heavy atom. The van der Waals surface area contributed by atoms with Gasteiger partial charge in [-0.05, 0) is 176 Å². The lowest BCUT2D eigenvalue weighted by atomic mass is 10.1. The summed E-state index contributed by atoms with van der Waals surface area (Å²) >= 11 is 0. The van der Waals surface area contributed by atoms with E-state index < -0.39 is 5.91 Å². The van der Waals surface area contributed by atoms with Gasteiger partial charge in [0.15, 0.2) is 23.3 Å². The van der Waals surface area contributed by atoms with Crippen molar-refractivity contribution in [3.8, 4) is 0 Å². The summed E-state index contributed by atoms with van der Waals surface area (Å²) < 4.78 is 0. The maximum absolute atomic E-state index is 6.19. The van der Waals surface area contributed by atoms with Crippen molar-refractivity contribution in [1.29, 1.82) is 0 Å². The van der Waals surface area contributed by atoms with Gasteiger partial charge in [0.2, 0.25) is 0 Å². The molecule has 0 fully saturated rings. The fraction of sp³-hybridized carbons (Fsp3) is 0.723. The van der Waals surface area contributed by atoms with Crippen molar-refractivity contribution in [1.82, 2.24) is 9.80 Å². The Balaban J connectivity index is 1.53. The van der Waals surface area contributed by atoms with Gasteiger partial charge in [-0.3, -0.25) is 9.80 Å². The first-order chi connectivity index (χ1) is 55.7. The SMILES string of the molecule is CCCCCCCCN(CCCCCCCC)c1ccc(N=C2C(N(CC)c3ccc(N(CCCCCCCC)CCCCCCCC)cc3)=NC3(N=C(N(CC)c4ccc(N(CCCCCCCC)CCCCCCCC)cc4)C(=Nc4ccc(N(CCCCCCCC)CCCCCCCC)cc4)N3CC)N2CC)cc1. The van der Waals surface area contributed by atoms with E-state index in [1.807, 2.05) is 0 Å². The minimum atomic E-state index is -1.24. The predicted molar refractivity (Wildman–Crippen MR) is 504 cm³/mol. The van der Waals surface area contributed by atoms with E-state index in [-0.39, 0.29) is 0 Å². The Morgan fingerprint density at radius 3 is 0.593 bits per heavy atom. The smallest absolute Gasteiger partial charge is 0.320 e. The van der Waals surface area contributed by atoms with E-state index in [1.54, 1.807) is 0 Å². The molecule has 4 aromatic carbocycles. The topological polar surface area (TPSA) is 75.4 Å². The number of unbranched alkanes of at least 4 members (excludes halogenated alkanes) is 40. The van der Waals surface area contributed by atoms with Gasteiger partial charge in [0.1, 0.15) is 0 Å². The highest BCUT2D eigenvalue weighted by Gasteiger charge is 2.57. The number of hydrogen-bond acceptors (Lipinski definition) is 10. The zero-order valence-corrected chi connectivity index (χ0v) is 75.5. The van der Waals surface area contributed by atoms with Crippen molar-refractivity contribution in [3.05, 3.63) is 97.1 Å². The van der Waals surface area contributed by atoms with Crippen molar-refractivity contribution in [2.45, 2.75) is 397 Å². The van der Waals surface area contributed by atoms with E-state index in [0.717, 1.165) is 98.5 Å². The monoisotopic (exact) mass is 1550 g/mol. The fourth-order valence-electron chi connectivity index (χ4n) is 17.1. The third kappa shape index (κ3) is 33.8. The normalized spacial score (nSPS) is 14.9. The summed E-state index contributed by atoms with van der Waals surface area (Å²) in [5.74, 6) is 2.10. The molecule has 2 aliphatic rings. The molecule has 1 spiro atoms. The molecule has 0 unspecified atom stereocenters. The largest absolute Gasteiger partial charge is 0.372 e. The lowest BCUT2D eigenvalue weighted by Crippen LogP contribution is -2.56. The first kappa shape index (κ1) is 95.8. The number of likely N-dealkylation sites (N-methyl/N-ethyl adjacent to an activating group) is 4. The number of hydrogen-bond donors (Lipinski definition) is 0. The van der Waals surface area contributed by atoms with E-state index in [4.69, 9.17) is 20.0 Å². The average Bonchev–Trinajstić information content (AvgIpc) is 1.55. The number of nitrogens with zero attached hydrogens (tertiary/aromatic N) is 12. The zero-order chi connectivity index (χ0) is 80.6. The molecule has 6 rings (SSSR count). The minimum absolute atomic E-state index is 0.618. The summed E-state index contributed by atoms with van der Waals surface area (Å²) in [6.07, 6.45) is 62.4. The van der Waals surface area contributed by atoms with Crippen molar-refractivity contribution in [2.75, 3.05) is 108 Å². The molecular formula is C101H172N12. The summed E-state index contributed by atoms with van der Waals surface area (Å²) in [5.41, 5.74) is 9.32. The van der Waals surface area contributed by atoms with Gasteiger partial charge in [-0.15, -0.1) is 0 Å². The molecule has 636 valence electrons. The van der Waals surface area contributed by atoms with Crippen LogP contribution >= 0.6 is 0 Å². The summed E-state index contributed by atoms with van der Waals surface area (Å²) in [6.45, 7) is 39.1. The molecule has 0 bridgehead atoms. The predicted octanol–water partition coefficient (Wildman–Crippen LogP) is 29.7. The van der Waals surface area contributed by atoms with E-state index >= 15 is 0 Å². The lowest BCUT2D eigenvalue weighted by Gasteiger charge is -2.38. The second-order valence-corrected chi connectivity index (χ2v) is 33.5. The first-order valence-electron chi connectivity index (χ1n) is 48.5. The van der Waals surface area contributed by atoms with Crippen LogP contribution in [0.3, 0.4) is 0 Å². The highest BCUT2D eigenvalue weighted by molar-refractivity contribution is 6.50. The summed E-state index contributed by atoms with van der Waals surface area (Å²) in [7, 11) is 0. The van der Waals surface area contributed by atoms with Crippen LogP contribution in [0.4, 0.5) is 45.5 Å². The van der Waals surface area contributed by atoms with Crippen LogP contribution in [-0.2, 0) is 0 Å². The lowest BCUT2D eigenvalue weighted by molar-refractivity contribution is 0.0758. The Morgan fingerprint density at radius 2 is 0.407 bits per heavy atom. The molecular weight excluding hydrogens is 1380 g/mol. The van der Waals surface area contributed by atoms with Crippen LogP contribution in [0.2, 0.25) is 0 Å². The third-order valence-electron chi connectivity index (χ3n) is 24.1. The molecule has 0 aliphatic carbocycles. The first-order valence-corrected chi connectivity index (χ1v) is 48.5. The van der Waals surface area contributed by atoms with Crippen molar-refractivity contribution in [3.63, 3.8) is 0 Å². The van der Waals surface area contributed by atoms with Crippen LogP contribution in [0.5, 0.6) is 0 Å². The van der Waals surface area contributed by atoms with Crippen molar-refractivity contribution in [2.24, 2.45) is 20.0 Å². The molecule has 0 N–H and O–H groups in total. The van der Waals surface area contributed by atoms with Crippen LogP contribution in [0, 0.1) is 0 Å². The maximum Gasteiger partial charge on any atom is 0.320 e. The van der Waals surface area contributed by atoms with Gasteiger partial charge >= 0.3 is 5.91 Å². The second kappa shape index (κ2) is 59.6. The Bertz CT molecular complexity index is 2840. The van der Waals surface area contributed by atoms with Gasteiger partial charge in [0.05, 0.1) is 11.4 Å². The number of anilines is 6. The molecule has 2 aliphatic heterocycles. The van der Waals surface area contributed by atoms with E-state index in [2.05, 4.69) is 219 Å². The molecule has 0 aromatic heterocycles. The van der Waals surface area contributed by atoms with E-state index in [1.165, 1.54) is 331 Å². The molecule has 0 saturated heterocycles. The molecule has 0 amide bonds. The van der Waals surface area contributed by atoms with Gasteiger partial charge < -0.3 is 29.4 Å². The van der Waals surface area contributed by atoms with Gasteiger partial charge in [0.25, 0.3) is 0 Å². The minimum Gasteiger partial charge on any atom is -0.372 e. The summed E-state index contributed by atoms with van der Waals surface area (Å²) in [5, 5.41) is 0. The molecule has 113 heavy (non-hydrogen) atoms. The molecule has 0 saturated carbocycles. The second-order valence-electron chi connectivity index (χ2n) is 33.5. The Kier molecular flexibility index (Phi) is 50.5. The van der Waals surface area contributed by atoms with Gasteiger partial charge in [-0.25, -0.2) is 9.98 Å². The highest BCUT2D eigenvalue weighted by Crippen LogP contribution is 2.41. The van der Waals surface area contributed by atoms with Crippen LogP contribution in [0.25, 0.3) is 0 Å². The van der Waals surface area contributed by atoms with E-state index in [0.29, 0.717) is 26.2 Å². The van der Waals surface area contributed by atoms with Crippen LogP contribution in [0.1, 0.15) is 391 Å². The Labute approximate surface area is 696 Å². The van der Waals surface area contributed by atoms with E-state index in [9.17, 15) is 0 Å². The third-order valence-corrected chi connectivity index (χ3v) is 24.1. The molecule has 12 nitrogen and oxygen atoms in total. The Hall–Kier alpha value is -6.04. The number of rotatable bonds is 68.